The van der Waals surface area contributed by atoms with Crippen molar-refractivity contribution in [2.75, 3.05) is 31.1 Å². The number of nitrogens with zero attached hydrogens (tertiary/aromatic N) is 4. The van der Waals surface area contributed by atoms with Crippen molar-refractivity contribution in [3.63, 3.8) is 0 Å². The average Bonchev–Trinajstić information content (AvgIpc) is 3.19. The van der Waals surface area contributed by atoms with Gasteiger partial charge in [0.1, 0.15) is 18.2 Å². The lowest BCUT2D eigenvalue weighted by Gasteiger charge is -2.28. The number of hydrogen-bond acceptors (Lipinski definition) is 7. The van der Waals surface area contributed by atoms with Crippen molar-refractivity contribution in [1.82, 2.24) is 20.3 Å². The van der Waals surface area contributed by atoms with Crippen LogP contribution in [-0.2, 0) is 0 Å². The molecule has 0 radical (unpaired) electrons. The number of aryl methyl sites for hydroxylation is 1. The molecule has 0 unspecified atom stereocenters. The number of nitrogens with one attached hydrogen (secondary N) is 1. The summed E-state index contributed by atoms with van der Waals surface area (Å²) < 4.78 is 6.77. The second-order valence-corrected chi connectivity index (χ2v) is 7.68. The molecule has 1 aromatic carbocycles. The number of amides is 1. The molecule has 7 nitrogen and oxygen atoms in total. The highest BCUT2D eigenvalue weighted by Crippen LogP contribution is 2.21. The van der Waals surface area contributed by atoms with Gasteiger partial charge in [0.05, 0.1) is 22.3 Å². The van der Waals surface area contributed by atoms with Crippen molar-refractivity contribution in [1.29, 1.82) is 0 Å². The van der Waals surface area contributed by atoms with Gasteiger partial charge in [0.25, 0.3) is 5.91 Å². The lowest BCUT2D eigenvalue weighted by Crippen LogP contribution is -2.30. The first-order valence-electron chi connectivity index (χ1n) is 9.54. The summed E-state index contributed by atoms with van der Waals surface area (Å²) in [6.45, 7) is 4.68. The van der Waals surface area contributed by atoms with Crippen molar-refractivity contribution in [3.8, 4) is 5.88 Å². The van der Waals surface area contributed by atoms with Gasteiger partial charge < -0.3 is 15.0 Å². The number of rotatable bonds is 6. The Labute approximate surface area is 167 Å². The van der Waals surface area contributed by atoms with Crippen LogP contribution in [0.4, 0.5) is 5.82 Å². The van der Waals surface area contributed by atoms with Crippen LogP contribution in [0.5, 0.6) is 5.88 Å². The van der Waals surface area contributed by atoms with E-state index >= 15 is 0 Å². The molecule has 0 bridgehead atoms. The van der Waals surface area contributed by atoms with Crippen LogP contribution in [0.1, 0.15) is 35.4 Å². The molecule has 1 N–H and O–H groups in total. The van der Waals surface area contributed by atoms with Gasteiger partial charge in [-0.1, -0.05) is 0 Å². The van der Waals surface area contributed by atoms with Gasteiger partial charge in [0, 0.05) is 24.7 Å². The van der Waals surface area contributed by atoms with E-state index in [9.17, 15) is 4.79 Å². The van der Waals surface area contributed by atoms with Crippen molar-refractivity contribution >= 4 is 33.3 Å². The molecule has 1 aliphatic rings. The van der Waals surface area contributed by atoms with E-state index in [1.807, 2.05) is 25.1 Å². The number of hydrogen-bond donors (Lipinski definition) is 1. The molecule has 0 aliphatic carbocycles. The lowest BCUT2D eigenvalue weighted by atomic mass is 10.1. The smallest absolute Gasteiger partial charge is 0.251 e. The Morgan fingerprint density at radius 1 is 1.21 bits per heavy atom. The molecule has 1 fully saturated rings. The minimum atomic E-state index is -0.119. The third-order valence-corrected chi connectivity index (χ3v) is 5.50. The summed E-state index contributed by atoms with van der Waals surface area (Å²) in [4.78, 5) is 27.7. The zero-order chi connectivity index (χ0) is 19.3. The molecule has 3 aromatic rings. The molecule has 1 saturated heterocycles. The highest BCUT2D eigenvalue weighted by atomic mass is 32.1. The highest BCUT2D eigenvalue weighted by molar-refractivity contribution is 7.16. The van der Waals surface area contributed by atoms with E-state index in [-0.39, 0.29) is 5.91 Å². The maximum Gasteiger partial charge on any atom is 0.251 e. The summed E-state index contributed by atoms with van der Waals surface area (Å²) in [5, 5.41) is 2.89. The molecular formula is C20H23N5O2S. The van der Waals surface area contributed by atoms with Crippen LogP contribution in [0.25, 0.3) is 10.2 Å². The van der Waals surface area contributed by atoms with Gasteiger partial charge in [-0.2, -0.15) is 4.98 Å². The predicted octanol–water partition coefficient (Wildman–Crippen LogP) is 3.19. The fourth-order valence-electron chi connectivity index (χ4n) is 3.30. The molecule has 2 aromatic heterocycles. The van der Waals surface area contributed by atoms with Crippen molar-refractivity contribution in [2.24, 2.45) is 0 Å². The molecule has 0 saturated carbocycles. The first-order valence-corrected chi connectivity index (χ1v) is 10.4. The molecule has 3 heterocycles. The minimum absolute atomic E-state index is 0.119. The largest absolute Gasteiger partial charge is 0.476 e. The molecule has 146 valence electrons. The summed E-state index contributed by atoms with van der Waals surface area (Å²) in [5.41, 5.74) is 3.32. The molecule has 28 heavy (non-hydrogen) atoms. The number of fused-ring (bicyclic) bond motifs is 1. The Balaban J connectivity index is 1.31. The fourth-order valence-corrected chi connectivity index (χ4v) is 4.02. The second-order valence-electron chi connectivity index (χ2n) is 6.80. The van der Waals surface area contributed by atoms with Crippen LogP contribution >= 0.6 is 11.3 Å². The van der Waals surface area contributed by atoms with Gasteiger partial charge >= 0.3 is 0 Å². The Hall–Kier alpha value is -2.74. The van der Waals surface area contributed by atoms with Crippen LogP contribution in [0.15, 0.2) is 29.8 Å². The highest BCUT2D eigenvalue weighted by Gasteiger charge is 2.14. The number of piperidine rings is 1. The number of carbonyl (C=O) groups excluding carboxylic acids is 1. The molecule has 1 amide bonds. The number of ether oxygens (including phenoxy) is 1. The number of thiazole rings is 1. The molecule has 0 spiro atoms. The van der Waals surface area contributed by atoms with Gasteiger partial charge in [-0.25, -0.2) is 9.97 Å². The number of aromatic nitrogens is 3. The van der Waals surface area contributed by atoms with E-state index in [1.165, 1.54) is 30.6 Å². The molecule has 1 aliphatic heterocycles. The van der Waals surface area contributed by atoms with Crippen molar-refractivity contribution in [3.05, 3.63) is 41.2 Å². The number of anilines is 1. The van der Waals surface area contributed by atoms with E-state index in [0.717, 1.165) is 29.1 Å². The maximum atomic E-state index is 12.3. The molecule has 8 heteroatoms. The monoisotopic (exact) mass is 397 g/mol. The Morgan fingerprint density at radius 3 is 2.93 bits per heavy atom. The zero-order valence-electron chi connectivity index (χ0n) is 15.9. The summed E-state index contributed by atoms with van der Waals surface area (Å²) in [6, 6.07) is 7.40. The lowest BCUT2D eigenvalue weighted by molar-refractivity contribution is 0.0946. The van der Waals surface area contributed by atoms with Gasteiger partial charge in [-0.3, -0.25) is 4.79 Å². The van der Waals surface area contributed by atoms with Gasteiger partial charge in [0.2, 0.25) is 5.88 Å². The van der Waals surface area contributed by atoms with Crippen LogP contribution in [-0.4, -0.2) is 47.1 Å². The summed E-state index contributed by atoms with van der Waals surface area (Å²) >= 11 is 1.52. The fraction of sp³-hybridized carbons (Fsp3) is 0.400. The first-order chi connectivity index (χ1) is 13.7. The van der Waals surface area contributed by atoms with Crippen LogP contribution in [0.2, 0.25) is 0 Å². The van der Waals surface area contributed by atoms with Crippen LogP contribution < -0.4 is 15.0 Å². The SMILES string of the molecule is Cc1nc(OCCNC(=O)c2ccc3ncsc3c2)cc(N2CCCCC2)n1. The Kier molecular flexibility index (Phi) is 5.66. The van der Waals surface area contributed by atoms with E-state index < -0.39 is 0 Å². The van der Waals surface area contributed by atoms with Crippen LogP contribution in [0.3, 0.4) is 0 Å². The van der Waals surface area contributed by atoms with E-state index in [1.54, 1.807) is 11.6 Å². The Morgan fingerprint density at radius 2 is 2.07 bits per heavy atom. The second kappa shape index (κ2) is 8.52. The number of benzene rings is 1. The van der Waals surface area contributed by atoms with Gasteiger partial charge in [-0.15, -0.1) is 11.3 Å². The summed E-state index contributed by atoms with van der Waals surface area (Å²) in [7, 11) is 0. The minimum Gasteiger partial charge on any atom is -0.476 e. The molecule has 0 atom stereocenters. The quantitative estimate of drug-likeness (QED) is 0.644. The normalized spacial score (nSPS) is 14.2. The van der Waals surface area contributed by atoms with Gasteiger partial charge in [-0.05, 0) is 44.4 Å². The Bertz CT molecular complexity index is 968. The third-order valence-electron chi connectivity index (χ3n) is 4.71. The van der Waals surface area contributed by atoms with Gasteiger partial charge in [0.15, 0.2) is 0 Å². The predicted molar refractivity (Wildman–Crippen MR) is 110 cm³/mol. The third kappa shape index (κ3) is 4.39. The average molecular weight is 398 g/mol. The van der Waals surface area contributed by atoms with Crippen LogP contribution in [0, 0.1) is 6.92 Å². The topological polar surface area (TPSA) is 80.2 Å². The summed E-state index contributed by atoms with van der Waals surface area (Å²) in [5.74, 6) is 2.05. The van der Waals surface area contributed by atoms with E-state index in [2.05, 4.69) is 25.2 Å². The van der Waals surface area contributed by atoms with Crippen molar-refractivity contribution in [2.45, 2.75) is 26.2 Å². The van der Waals surface area contributed by atoms with Crippen molar-refractivity contribution < 1.29 is 9.53 Å². The maximum absolute atomic E-state index is 12.3. The zero-order valence-corrected chi connectivity index (χ0v) is 16.7. The van der Waals surface area contributed by atoms with E-state index in [0.29, 0.717) is 30.4 Å². The molecule has 4 rings (SSSR count). The summed E-state index contributed by atoms with van der Waals surface area (Å²) in [6.07, 6.45) is 3.66. The molecular weight excluding hydrogens is 374 g/mol. The standard InChI is InChI=1S/C20H23N5O2S/c1-14-23-18(25-8-3-2-4-9-25)12-19(24-14)27-10-7-21-20(26)15-5-6-16-17(11-15)28-13-22-16/h5-6,11-13H,2-4,7-10H2,1H3,(H,21,26). The van der Waals surface area contributed by atoms with E-state index in [4.69, 9.17) is 4.74 Å². The first kappa shape index (κ1) is 18.6. The number of carbonyl (C=O) groups is 1.